The van der Waals surface area contributed by atoms with Crippen LogP contribution >= 0.6 is 11.3 Å². The van der Waals surface area contributed by atoms with Gasteiger partial charge in [-0.25, -0.2) is 23.4 Å². The van der Waals surface area contributed by atoms with Crippen molar-refractivity contribution in [3.05, 3.63) is 28.3 Å². The van der Waals surface area contributed by atoms with Crippen molar-refractivity contribution in [3.63, 3.8) is 0 Å². The van der Waals surface area contributed by atoms with E-state index in [1.165, 1.54) is 25.2 Å². The molecule has 16 heteroatoms. The van der Waals surface area contributed by atoms with Crippen molar-refractivity contribution in [1.29, 1.82) is 0 Å². The number of urea groups is 1. The maximum atomic E-state index is 16.1. The monoisotopic (exact) mass is 639 g/mol. The van der Waals surface area contributed by atoms with Crippen molar-refractivity contribution in [1.82, 2.24) is 20.0 Å². The van der Waals surface area contributed by atoms with Crippen LogP contribution in [0.15, 0.2) is 6.07 Å². The molecular formula is C28H35F2N5O8S. The molecule has 0 bridgehead atoms. The van der Waals surface area contributed by atoms with Gasteiger partial charge < -0.3 is 28.6 Å². The smallest absolute Gasteiger partial charge is 0.337 e. The Morgan fingerprint density at radius 2 is 1.59 bits per heavy atom. The highest BCUT2D eigenvalue weighted by Gasteiger charge is 2.67. The summed E-state index contributed by atoms with van der Waals surface area (Å²) < 4.78 is 59.0. The minimum absolute atomic E-state index is 0.0561. The molecule has 240 valence electrons. The van der Waals surface area contributed by atoms with E-state index in [-0.39, 0.29) is 61.2 Å². The molecule has 0 saturated carbocycles. The van der Waals surface area contributed by atoms with E-state index >= 15 is 8.78 Å². The second-order valence-corrected chi connectivity index (χ2v) is 12.1. The number of benzene rings is 1. The first-order valence-corrected chi connectivity index (χ1v) is 14.9. The van der Waals surface area contributed by atoms with E-state index in [4.69, 9.17) is 23.7 Å². The fraction of sp³-hybridized carbons (Fsp3) is 0.607. The Morgan fingerprint density at radius 3 is 2.14 bits per heavy atom. The van der Waals surface area contributed by atoms with Gasteiger partial charge in [0.2, 0.25) is 0 Å². The number of ether oxygens (including phenoxy) is 5. The summed E-state index contributed by atoms with van der Waals surface area (Å²) in [5.41, 5.74) is -1.97. The van der Waals surface area contributed by atoms with Crippen molar-refractivity contribution in [2.75, 3.05) is 65.6 Å². The number of rotatable bonds is 11. The average molecular weight is 640 g/mol. The van der Waals surface area contributed by atoms with E-state index in [9.17, 15) is 14.4 Å². The quantitative estimate of drug-likeness (QED) is 0.265. The molecule has 1 spiro atoms. The maximum absolute atomic E-state index is 16.1. The number of fused-ring (bicyclic) bond motifs is 4. The number of hydrogen-bond donors (Lipinski definition) is 0. The number of nitrogens with zero attached hydrogens (tertiary/aromatic N) is 5. The fourth-order valence-corrected chi connectivity index (χ4v) is 6.93. The third kappa shape index (κ3) is 5.47. The van der Waals surface area contributed by atoms with Crippen molar-refractivity contribution in [3.8, 4) is 10.6 Å². The topological polar surface area (TPSA) is 133 Å². The lowest BCUT2D eigenvalue weighted by Gasteiger charge is -2.57. The van der Waals surface area contributed by atoms with Crippen LogP contribution in [0.2, 0.25) is 0 Å². The molecule has 3 atom stereocenters. The Morgan fingerprint density at radius 1 is 0.977 bits per heavy atom. The molecule has 0 unspecified atom stereocenters. The normalized spacial score (nSPS) is 23.0. The standard InChI is InChI=1S/C28H35F2N5O8S/c1-15-12-33-22-18(10-19(20(29)21(22)30)24-32-31-17(3)44-24)11-28(23(33)16(2)43-15)25(36)34(13-41-8-6-39-4)27(38)35(26(28)37)14-42-9-7-40-5/h10,15-16,23H,6-9,11-14H2,1-5H3/t15-,16+,23-/m0/s1. The Hall–Kier alpha value is -3.15. The van der Waals surface area contributed by atoms with Gasteiger partial charge in [0.15, 0.2) is 22.1 Å². The highest BCUT2D eigenvalue weighted by atomic mass is 32.1. The molecule has 0 aliphatic carbocycles. The van der Waals surface area contributed by atoms with Crippen LogP contribution in [-0.4, -0.2) is 117 Å². The lowest BCUT2D eigenvalue weighted by atomic mass is 9.65. The summed E-state index contributed by atoms with van der Waals surface area (Å²) in [7, 11) is 2.96. The van der Waals surface area contributed by atoms with Crippen LogP contribution in [0.3, 0.4) is 0 Å². The molecular weight excluding hydrogens is 604 g/mol. The Kier molecular flexibility index (Phi) is 9.58. The number of hydrogen-bond acceptors (Lipinski definition) is 12. The SMILES string of the molecule is COCCOCN1C(=O)N(COCCOC)C(=O)C2(Cc3cc(-c4nnc(C)s4)c(F)c(F)c3N3C[C@H](C)O[C@H](C)[C@H]32)C1=O. The van der Waals surface area contributed by atoms with Gasteiger partial charge in [0.05, 0.1) is 55.9 Å². The van der Waals surface area contributed by atoms with Crippen LogP contribution in [0.5, 0.6) is 0 Å². The molecule has 2 saturated heterocycles. The highest BCUT2D eigenvalue weighted by molar-refractivity contribution is 7.14. The van der Waals surface area contributed by atoms with Gasteiger partial charge in [0.1, 0.15) is 18.5 Å². The molecule has 4 heterocycles. The Labute approximate surface area is 256 Å². The van der Waals surface area contributed by atoms with Crippen molar-refractivity contribution in [2.24, 2.45) is 5.41 Å². The average Bonchev–Trinajstić information content (AvgIpc) is 3.42. The van der Waals surface area contributed by atoms with Gasteiger partial charge in [0, 0.05) is 27.2 Å². The van der Waals surface area contributed by atoms with Crippen molar-refractivity contribution >= 4 is 34.9 Å². The number of anilines is 1. The lowest BCUT2D eigenvalue weighted by molar-refractivity contribution is -0.174. The number of aryl methyl sites for hydroxylation is 1. The van der Waals surface area contributed by atoms with E-state index < -0.39 is 66.6 Å². The fourth-order valence-electron chi connectivity index (χ4n) is 6.23. The molecule has 2 fully saturated rings. The van der Waals surface area contributed by atoms with Gasteiger partial charge in [-0.2, -0.15) is 0 Å². The third-order valence-corrected chi connectivity index (χ3v) is 8.85. The molecule has 3 aliphatic rings. The number of aromatic nitrogens is 2. The molecule has 0 N–H and O–H groups in total. The zero-order valence-electron chi connectivity index (χ0n) is 25.1. The summed E-state index contributed by atoms with van der Waals surface area (Å²) >= 11 is 1.08. The summed E-state index contributed by atoms with van der Waals surface area (Å²) in [4.78, 5) is 45.9. The summed E-state index contributed by atoms with van der Waals surface area (Å²) in [6.45, 7) is 4.79. The van der Waals surface area contributed by atoms with Crippen LogP contribution in [0.4, 0.5) is 19.3 Å². The molecule has 2 aromatic rings. The van der Waals surface area contributed by atoms with Gasteiger partial charge in [-0.05, 0) is 32.4 Å². The molecule has 1 aromatic carbocycles. The van der Waals surface area contributed by atoms with Gasteiger partial charge >= 0.3 is 6.03 Å². The lowest BCUT2D eigenvalue weighted by Crippen LogP contribution is -2.76. The minimum atomic E-state index is -1.98. The van der Waals surface area contributed by atoms with Crippen molar-refractivity contribution in [2.45, 2.75) is 45.4 Å². The van der Waals surface area contributed by atoms with Crippen LogP contribution in [0.25, 0.3) is 10.6 Å². The predicted molar refractivity (Wildman–Crippen MR) is 152 cm³/mol. The zero-order chi connectivity index (χ0) is 31.8. The largest absolute Gasteiger partial charge is 0.382 e. The van der Waals surface area contributed by atoms with Gasteiger partial charge in [0.25, 0.3) is 11.8 Å². The summed E-state index contributed by atoms with van der Waals surface area (Å²) in [6, 6.07) is -0.608. The van der Waals surface area contributed by atoms with Crippen molar-refractivity contribution < 1.29 is 46.8 Å². The Bertz CT molecular complexity index is 1390. The first-order valence-electron chi connectivity index (χ1n) is 14.1. The van der Waals surface area contributed by atoms with E-state index in [2.05, 4.69) is 10.2 Å². The number of amides is 4. The van der Waals surface area contributed by atoms with Crippen LogP contribution in [-0.2, 0) is 39.7 Å². The molecule has 4 amide bonds. The summed E-state index contributed by atoms with van der Waals surface area (Å²) in [6.07, 6.45) is -1.59. The molecule has 0 radical (unpaired) electrons. The van der Waals surface area contributed by atoms with E-state index in [1.54, 1.807) is 20.8 Å². The number of morpholine rings is 1. The first-order chi connectivity index (χ1) is 21.1. The van der Waals surface area contributed by atoms with Gasteiger partial charge in [-0.1, -0.05) is 11.3 Å². The maximum Gasteiger partial charge on any atom is 0.337 e. The number of imide groups is 2. The number of barbiturate groups is 1. The zero-order valence-corrected chi connectivity index (χ0v) is 25.9. The van der Waals surface area contributed by atoms with E-state index in [1.807, 2.05) is 0 Å². The van der Waals surface area contributed by atoms with E-state index in [0.717, 1.165) is 21.1 Å². The number of methoxy groups -OCH3 is 2. The predicted octanol–water partition coefficient (Wildman–Crippen LogP) is 2.35. The van der Waals surface area contributed by atoms with Gasteiger partial charge in [-0.3, -0.25) is 9.59 Å². The summed E-state index contributed by atoms with van der Waals surface area (Å²) in [5, 5.41) is 8.62. The van der Waals surface area contributed by atoms with Crippen LogP contribution < -0.4 is 4.90 Å². The minimum Gasteiger partial charge on any atom is -0.382 e. The number of carbonyl (C=O) groups is 3. The third-order valence-electron chi connectivity index (χ3n) is 7.98. The molecule has 3 aliphatic heterocycles. The van der Waals surface area contributed by atoms with Crippen LogP contribution in [0.1, 0.15) is 24.4 Å². The molecule has 13 nitrogen and oxygen atoms in total. The number of halogens is 2. The Balaban J connectivity index is 1.66. The first kappa shape index (κ1) is 32.2. The van der Waals surface area contributed by atoms with E-state index in [0.29, 0.717) is 5.01 Å². The van der Waals surface area contributed by atoms with Crippen LogP contribution in [0, 0.1) is 24.0 Å². The van der Waals surface area contributed by atoms with Gasteiger partial charge in [-0.15, -0.1) is 10.2 Å². The molecule has 44 heavy (non-hydrogen) atoms. The highest BCUT2D eigenvalue weighted by Crippen LogP contribution is 2.51. The second kappa shape index (κ2) is 13.1. The molecule has 5 rings (SSSR count). The second-order valence-electron chi connectivity index (χ2n) is 10.9. The molecule has 1 aromatic heterocycles. The summed E-state index contributed by atoms with van der Waals surface area (Å²) in [5.74, 6) is -3.90. The number of carbonyl (C=O) groups excluding carboxylic acids is 3.